The van der Waals surface area contributed by atoms with Crippen molar-refractivity contribution >= 4 is 11.8 Å². The van der Waals surface area contributed by atoms with Crippen molar-refractivity contribution in [2.75, 3.05) is 26.9 Å². The first-order valence-corrected chi connectivity index (χ1v) is 13.4. The Morgan fingerprint density at radius 3 is 2.46 bits per heavy atom. The molecule has 0 spiro atoms. The summed E-state index contributed by atoms with van der Waals surface area (Å²) >= 11 is 0. The number of hydrogen-bond acceptors (Lipinski definition) is 6. The van der Waals surface area contributed by atoms with Crippen LogP contribution >= 0.6 is 0 Å². The van der Waals surface area contributed by atoms with Gasteiger partial charge in [0.05, 0.1) is 13.2 Å². The normalized spacial score (nSPS) is 22.2. The van der Waals surface area contributed by atoms with Crippen LogP contribution in [0.2, 0.25) is 0 Å². The third kappa shape index (κ3) is 6.01. The summed E-state index contributed by atoms with van der Waals surface area (Å²) in [5, 5.41) is 3.25. The fraction of sp³-hybridized carbons (Fsp3) is 0.517. The van der Waals surface area contributed by atoms with Gasteiger partial charge in [-0.15, -0.1) is 0 Å². The van der Waals surface area contributed by atoms with Crippen LogP contribution in [0.5, 0.6) is 17.2 Å². The summed E-state index contributed by atoms with van der Waals surface area (Å²) in [7, 11) is 1.60. The van der Waals surface area contributed by atoms with Crippen LogP contribution in [-0.2, 0) is 14.3 Å². The molecule has 3 aliphatic rings. The minimum absolute atomic E-state index is 0.0808. The number of carbonyl (C=O) groups excluding carboxylic acids is 2. The molecule has 2 aliphatic heterocycles. The van der Waals surface area contributed by atoms with Gasteiger partial charge in [-0.25, -0.2) is 0 Å². The van der Waals surface area contributed by atoms with E-state index in [9.17, 15) is 9.59 Å². The number of ether oxygens (including phenoxy) is 4. The van der Waals surface area contributed by atoms with Gasteiger partial charge in [-0.3, -0.25) is 9.59 Å². The molecule has 0 bridgehead atoms. The zero-order valence-corrected chi connectivity index (χ0v) is 21.4. The van der Waals surface area contributed by atoms with Gasteiger partial charge >= 0.3 is 0 Å². The predicted molar refractivity (Wildman–Crippen MR) is 138 cm³/mol. The summed E-state index contributed by atoms with van der Waals surface area (Å²) in [6.45, 7) is 1.04. The van der Waals surface area contributed by atoms with E-state index < -0.39 is 12.1 Å². The van der Waals surface area contributed by atoms with Crippen molar-refractivity contribution in [2.24, 2.45) is 0 Å². The van der Waals surface area contributed by atoms with E-state index in [4.69, 9.17) is 18.9 Å². The highest BCUT2D eigenvalue weighted by atomic mass is 16.6. The Kier molecular flexibility index (Phi) is 8.14. The molecule has 5 rings (SSSR count). The number of rotatable bonds is 8. The average Bonchev–Trinajstić information content (AvgIpc) is 3.46. The molecule has 1 aliphatic carbocycles. The Bertz CT molecular complexity index is 1060. The maximum atomic E-state index is 14.1. The van der Waals surface area contributed by atoms with Crippen molar-refractivity contribution in [2.45, 2.75) is 69.2 Å². The van der Waals surface area contributed by atoms with Gasteiger partial charge in [0.15, 0.2) is 11.5 Å². The quantitative estimate of drug-likeness (QED) is 0.580. The summed E-state index contributed by atoms with van der Waals surface area (Å²) in [6, 6.07) is 13.9. The summed E-state index contributed by atoms with van der Waals surface area (Å²) in [6.07, 6.45) is 6.08. The van der Waals surface area contributed by atoms with Crippen molar-refractivity contribution in [1.82, 2.24) is 10.2 Å². The highest BCUT2D eigenvalue weighted by Crippen LogP contribution is 2.33. The fourth-order valence-electron chi connectivity index (χ4n) is 5.44. The van der Waals surface area contributed by atoms with Crippen LogP contribution in [0.4, 0.5) is 0 Å². The third-order valence-electron chi connectivity index (χ3n) is 7.43. The molecule has 0 radical (unpaired) electrons. The summed E-state index contributed by atoms with van der Waals surface area (Å²) in [4.78, 5) is 29.6. The smallest absolute Gasteiger partial charge is 0.268 e. The number of para-hydroxylation sites is 2. The molecule has 1 saturated heterocycles. The molecule has 1 N–H and O–H groups in total. The SMILES string of the molecule is COc1ccc([C@@H](C(=O)NC2CCCCC2)N(C[C@H]2CCCO2)C(=O)[C@@H]2COc3ccccc3O2)cc1. The molecule has 0 aromatic heterocycles. The Morgan fingerprint density at radius 1 is 1.00 bits per heavy atom. The predicted octanol–water partition coefficient (Wildman–Crippen LogP) is 4.03. The van der Waals surface area contributed by atoms with Gasteiger partial charge in [0.2, 0.25) is 12.0 Å². The van der Waals surface area contributed by atoms with Crippen LogP contribution in [0, 0.1) is 0 Å². The number of carbonyl (C=O) groups is 2. The zero-order chi connectivity index (χ0) is 25.6. The molecule has 198 valence electrons. The second-order valence-corrected chi connectivity index (χ2v) is 10.0. The number of methoxy groups -OCH3 is 1. The van der Waals surface area contributed by atoms with E-state index in [-0.39, 0.29) is 30.6 Å². The molecule has 2 aromatic carbocycles. The minimum Gasteiger partial charge on any atom is -0.497 e. The molecule has 2 heterocycles. The van der Waals surface area contributed by atoms with Gasteiger partial charge in [-0.1, -0.05) is 43.5 Å². The lowest BCUT2D eigenvalue weighted by molar-refractivity contribution is -0.150. The van der Waals surface area contributed by atoms with Crippen molar-refractivity contribution in [3.63, 3.8) is 0 Å². The van der Waals surface area contributed by atoms with E-state index in [1.807, 2.05) is 42.5 Å². The summed E-state index contributed by atoms with van der Waals surface area (Å²) < 4.78 is 23.2. The number of benzene rings is 2. The first-order valence-electron chi connectivity index (χ1n) is 13.4. The number of amides is 2. The molecule has 8 heteroatoms. The second-order valence-electron chi connectivity index (χ2n) is 10.0. The number of hydrogen-bond donors (Lipinski definition) is 1. The first-order chi connectivity index (χ1) is 18.1. The molecule has 3 atom stereocenters. The van der Waals surface area contributed by atoms with Gasteiger partial charge < -0.3 is 29.2 Å². The molecule has 1 saturated carbocycles. The van der Waals surface area contributed by atoms with Crippen LogP contribution in [0.3, 0.4) is 0 Å². The summed E-state index contributed by atoms with van der Waals surface area (Å²) in [5.74, 6) is 1.36. The Morgan fingerprint density at radius 2 is 1.76 bits per heavy atom. The number of nitrogens with one attached hydrogen (secondary N) is 1. The molecule has 2 amide bonds. The lowest BCUT2D eigenvalue weighted by Gasteiger charge is -2.37. The lowest BCUT2D eigenvalue weighted by Crippen LogP contribution is -2.54. The Labute approximate surface area is 218 Å². The first kappa shape index (κ1) is 25.4. The van der Waals surface area contributed by atoms with Crippen molar-refractivity contribution in [3.05, 3.63) is 54.1 Å². The fourth-order valence-corrected chi connectivity index (χ4v) is 5.44. The number of fused-ring (bicyclic) bond motifs is 1. The summed E-state index contributed by atoms with van der Waals surface area (Å²) in [5.41, 5.74) is 0.720. The Hall–Kier alpha value is -3.26. The van der Waals surface area contributed by atoms with Gasteiger partial charge in [-0.05, 0) is 55.5 Å². The van der Waals surface area contributed by atoms with Crippen LogP contribution in [0.15, 0.2) is 48.5 Å². The van der Waals surface area contributed by atoms with Crippen molar-refractivity contribution < 1.29 is 28.5 Å². The zero-order valence-electron chi connectivity index (χ0n) is 21.4. The van der Waals surface area contributed by atoms with E-state index in [1.165, 1.54) is 6.42 Å². The molecule has 8 nitrogen and oxygen atoms in total. The lowest BCUT2D eigenvalue weighted by atomic mass is 9.94. The molecular formula is C29H36N2O6. The van der Waals surface area contributed by atoms with E-state index in [0.717, 1.165) is 44.1 Å². The van der Waals surface area contributed by atoms with Crippen LogP contribution in [0.25, 0.3) is 0 Å². The highest BCUT2D eigenvalue weighted by Gasteiger charge is 2.40. The average molecular weight is 509 g/mol. The standard InChI is InChI=1S/C29H36N2O6/c1-34-22-15-13-20(14-16-22)27(28(32)30-21-8-3-2-4-9-21)31(18-23-10-7-17-35-23)29(33)26-19-36-24-11-5-6-12-25(24)37-26/h5-6,11-16,21,23,26-27H,2-4,7-10,17-19H2,1H3,(H,30,32)/t23-,26+,27+/m1/s1. The van der Waals surface area contributed by atoms with Gasteiger partial charge in [-0.2, -0.15) is 0 Å². The van der Waals surface area contributed by atoms with Gasteiger partial charge in [0.25, 0.3) is 5.91 Å². The highest BCUT2D eigenvalue weighted by molar-refractivity contribution is 5.91. The molecule has 0 unspecified atom stereocenters. The van der Waals surface area contributed by atoms with Crippen LogP contribution < -0.4 is 19.5 Å². The Balaban J connectivity index is 1.46. The largest absolute Gasteiger partial charge is 0.497 e. The maximum absolute atomic E-state index is 14.1. The third-order valence-corrected chi connectivity index (χ3v) is 7.43. The topological polar surface area (TPSA) is 86.3 Å². The number of nitrogens with zero attached hydrogens (tertiary/aromatic N) is 1. The van der Waals surface area contributed by atoms with E-state index in [2.05, 4.69) is 5.32 Å². The molecule has 2 aromatic rings. The van der Waals surface area contributed by atoms with E-state index >= 15 is 0 Å². The van der Waals surface area contributed by atoms with Crippen molar-refractivity contribution in [3.8, 4) is 17.2 Å². The van der Waals surface area contributed by atoms with Crippen LogP contribution in [-0.4, -0.2) is 61.8 Å². The van der Waals surface area contributed by atoms with Crippen LogP contribution in [0.1, 0.15) is 56.6 Å². The monoisotopic (exact) mass is 508 g/mol. The minimum atomic E-state index is -0.862. The van der Waals surface area contributed by atoms with Gasteiger partial charge in [0, 0.05) is 19.2 Å². The molecule has 2 fully saturated rings. The maximum Gasteiger partial charge on any atom is 0.268 e. The molecular weight excluding hydrogens is 472 g/mol. The van der Waals surface area contributed by atoms with E-state index in [1.54, 1.807) is 18.1 Å². The van der Waals surface area contributed by atoms with E-state index in [0.29, 0.717) is 30.4 Å². The van der Waals surface area contributed by atoms with Gasteiger partial charge in [0.1, 0.15) is 18.4 Å². The molecule has 37 heavy (non-hydrogen) atoms. The second kappa shape index (κ2) is 11.9. The van der Waals surface area contributed by atoms with Crippen molar-refractivity contribution in [1.29, 1.82) is 0 Å².